The number of thiocarbonyl (C=S) groups is 1. The van der Waals surface area contributed by atoms with Crippen molar-refractivity contribution in [1.29, 1.82) is 0 Å². The van der Waals surface area contributed by atoms with E-state index in [-0.39, 0.29) is 0 Å². The third kappa shape index (κ3) is 3.80. The number of aromatic nitrogens is 1. The highest BCUT2D eigenvalue weighted by Crippen LogP contribution is 2.14. The summed E-state index contributed by atoms with van der Waals surface area (Å²) in [7, 11) is 4.07. The molecule has 0 radical (unpaired) electrons. The number of nitrogens with zero attached hydrogens (tertiary/aromatic N) is 2. The molecular formula is C8H13N3S2. The summed E-state index contributed by atoms with van der Waals surface area (Å²) in [5, 5.41) is 1.00. The molecule has 13 heavy (non-hydrogen) atoms. The van der Waals surface area contributed by atoms with Crippen LogP contribution in [-0.4, -0.2) is 29.0 Å². The molecule has 3 nitrogen and oxygen atoms in total. The van der Waals surface area contributed by atoms with Gasteiger partial charge in [0.25, 0.3) is 0 Å². The molecule has 0 bridgehead atoms. The molecule has 0 atom stereocenters. The molecule has 1 aromatic heterocycles. The van der Waals surface area contributed by atoms with Crippen molar-refractivity contribution in [3.8, 4) is 0 Å². The minimum absolute atomic E-state index is 0.505. The van der Waals surface area contributed by atoms with Crippen LogP contribution in [0.2, 0.25) is 0 Å². The van der Waals surface area contributed by atoms with Crippen molar-refractivity contribution >= 4 is 28.5 Å². The lowest BCUT2D eigenvalue weighted by Crippen LogP contribution is -2.10. The van der Waals surface area contributed by atoms with Gasteiger partial charge in [0.05, 0.1) is 10.00 Å². The molecule has 1 aromatic rings. The van der Waals surface area contributed by atoms with E-state index in [2.05, 4.69) is 9.88 Å². The molecular weight excluding hydrogens is 202 g/mol. The number of thiazole rings is 1. The topological polar surface area (TPSA) is 42.2 Å². The Balaban J connectivity index is 2.58. The Morgan fingerprint density at radius 3 is 2.92 bits per heavy atom. The average molecular weight is 215 g/mol. The fourth-order valence-electron chi connectivity index (χ4n) is 0.964. The Morgan fingerprint density at radius 2 is 2.38 bits per heavy atom. The first kappa shape index (κ1) is 10.6. The minimum atomic E-state index is 0.505. The third-order valence-electron chi connectivity index (χ3n) is 1.40. The van der Waals surface area contributed by atoms with Crippen molar-refractivity contribution in [2.75, 3.05) is 14.1 Å². The highest BCUT2D eigenvalue weighted by molar-refractivity contribution is 7.80. The van der Waals surface area contributed by atoms with E-state index in [1.54, 1.807) is 11.3 Å². The Bertz CT molecular complexity index is 293. The summed E-state index contributed by atoms with van der Waals surface area (Å²) < 4.78 is 0. The zero-order valence-electron chi connectivity index (χ0n) is 7.78. The van der Waals surface area contributed by atoms with Gasteiger partial charge in [-0.2, -0.15) is 0 Å². The van der Waals surface area contributed by atoms with Crippen LogP contribution in [0.1, 0.15) is 9.88 Å². The molecule has 0 amide bonds. The van der Waals surface area contributed by atoms with E-state index in [0.29, 0.717) is 11.4 Å². The van der Waals surface area contributed by atoms with Crippen LogP contribution in [0.15, 0.2) is 6.20 Å². The number of hydrogen-bond donors (Lipinski definition) is 1. The van der Waals surface area contributed by atoms with Crippen LogP contribution < -0.4 is 5.73 Å². The summed E-state index contributed by atoms with van der Waals surface area (Å²) in [5.74, 6) is 0. The predicted molar refractivity (Wildman–Crippen MR) is 60.0 cm³/mol. The van der Waals surface area contributed by atoms with Gasteiger partial charge >= 0.3 is 0 Å². The maximum absolute atomic E-state index is 5.42. The second kappa shape index (κ2) is 4.64. The Labute approximate surface area is 87.6 Å². The molecule has 0 aliphatic rings. The molecule has 0 aromatic carbocycles. The van der Waals surface area contributed by atoms with Crippen LogP contribution in [0.25, 0.3) is 0 Å². The zero-order valence-corrected chi connectivity index (χ0v) is 9.41. The zero-order chi connectivity index (χ0) is 9.84. The van der Waals surface area contributed by atoms with Crippen molar-refractivity contribution in [1.82, 2.24) is 9.88 Å². The van der Waals surface area contributed by atoms with Crippen LogP contribution in [0.4, 0.5) is 0 Å². The Morgan fingerprint density at radius 1 is 1.69 bits per heavy atom. The van der Waals surface area contributed by atoms with Crippen molar-refractivity contribution < 1.29 is 0 Å². The molecule has 5 heteroatoms. The van der Waals surface area contributed by atoms with Crippen molar-refractivity contribution in [2.24, 2.45) is 5.73 Å². The molecule has 0 unspecified atom stereocenters. The van der Waals surface area contributed by atoms with Crippen molar-refractivity contribution in [3.63, 3.8) is 0 Å². The molecule has 0 saturated heterocycles. The summed E-state index contributed by atoms with van der Waals surface area (Å²) in [6.07, 6.45) is 2.51. The molecule has 1 rings (SSSR count). The van der Waals surface area contributed by atoms with Gasteiger partial charge < -0.3 is 10.6 Å². The van der Waals surface area contributed by atoms with Gasteiger partial charge in [0.15, 0.2) is 0 Å². The highest BCUT2D eigenvalue weighted by atomic mass is 32.1. The van der Waals surface area contributed by atoms with E-state index in [1.165, 1.54) is 4.88 Å². The molecule has 0 aliphatic carbocycles. The first-order valence-electron chi connectivity index (χ1n) is 3.94. The lowest BCUT2D eigenvalue weighted by molar-refractivity contribution is 0.406. The first-order chi connectivity index (χ1) is 6.08. The van der Waals surface area contributed by atoms with E-state index in [4.69, 9.17) is 18.0 Å². The van der Waals surface area contributed by atoms with Gasteiger partial charge in [-0.25, -0.2) is 4.98 Å². The summed E-state index contributed by atoms with van der Waals surface area (Å²) >= 11 is 6.48. The fourth-order valence-corrected chi connectivity index (χ4v) is 2.26. The maximum atomic E-state index is 5.42. The Kier molecular flexibility index (Phi) is 3.77. The quantitative estimate of drug-likeness (QED) is 0.762. The van der Waals surface area contributed by atoms with E-state index >= 15 is 0 Å². The average Bonchev–Trinajstić information content (AvgIpc) is 2.33. The van der Waals surface area contributed by atoms with Crippen molar-refractivity contribution in [2.45, 2.75) is 13.0 Å². The fraction of sp³-hybridized carbons (Fsp3) is 0.500. The number of hydrogen-bond acceptors (Lipinski definition) is 4. The third-order valence-corrected chi connectivity index (χ3v) is 2.53. The monoisotopic (exact) mass is 215 g/mol. The largest absolute Gasteiger partial charge is 0.393 e. The van der Waals surface area contributed by atoms with Crippen LogP contribution in [-0.2, 0) is 13.0 Å². The molecule has 0 spiro atoms. The van der Waals surface area contributed by atoms with Crippen LogP contribution in [0.5, 0.6) is 0 Å². The standard InChI is InChI=1S/C8H13N3S2/c1-11(2)5-6-4-10-8(13-6)3-7(9)12/h4H,3,5H2,1-2H3,(H2,9,12). The minimum Gasteiger partial charge on any atom is -0.393 e. The second-order valence-corrected chi connectivity index (χ2v) is 4.83. The molecule has 1 heterocycles. The smallest absolute Gasteiger partial charge is 0.0995 e. The summed E-state index contributed by atoms with van der Waals surface area (Å²) in [5.41, 5.74) is 5.42. The van der Waals surface area contributed by atoms with Crippen LogP contribution >= 0.6 is 23.6 Å². The Hall–Kier alpha value is -0.520. The van der Waals surface area contributed by atoms with Gasteiger partial charge in [-0.1, -0.05) is 12.2 Å². The summed E-state index contributed by atoms with van der Waals surface area (Å²) in [6, 6.07) is 0. The lowest BCUT2D eigenvalue weighted by atomic mass is 10.4. The molecule has 2 N–H and O–H groups in total. The number of rotatable bonds is 4. The van der Waals surface area contributed by atoms with Gasteiger partial charge in [0, 0.05) is 24.0 Å². The van der Waals surface area contributed by atoms with E-state index in [9.17, 15) is 0 Å². The van der Waals surface area contributed by atoms with Crippen LogP contribution in [0.3, 0.4) is 0 Å². The lowest BCUT2D eigenvalue weighted by Gasteiger charge is -2.05. The van der Waals surface area contributed by atoms with Gasteiger partial charge in [-0.05, 0) is 14.1 Å². The maximum Gasteiger partial charge on any atom is 0.0995 e. The summed E-state index contributed by atoms with van der Waals surface area (Å²) in [6.45, 7) is 0.926. The van der Waals surface area contributed by atoms with E-state index in [1.807, 2.05) is 20.3 Å². The first-order valence-corrected chi connectivity index (χ1v) is 5.17. The molecule has 0 aliphatic heterocycles. The molecule has 72 valence electrons. The van der Waals surface area contributed by atoms with Crippen LogP contribution in [0, 0.1) is 0 Å². The second-order valence-electron chi connectivity index (χ2n) is 3.10. The number of nitrogens with two attached hydrogens (primary N) is 1. The molecule has 0 saturated carbocycles. The molecule has 0 fully saturated rings. The normalized spacial score (nSPS) is 10.7. The van der Waals surface area contributed by atoms with Crippen molar-refractivity contribution in [3.05, 3.63) is 16.1 Å². The highest BCUT2D eigenvalue weighted by Gasteiger charge is 2.03. The van der Waals surface area contributed by atoms with E-state index < -0.39 is 0 Å². The van der Waals surface area contributed by atoms with E-state index in [0.717, 1.165) is 11.6 Å². The SMILES string of the molecule is CN(C)Cc1cnc(CC(N)=S)s1. The van der Waals surface area contributed by atoms with Gasteiger partial charge in [-0.3, -0.25) is 0 Å². The van der Waals surface area contributed by atoms with Gasteiger partial charge in [0.1, 0.15) is 0 Å². The van der Waals surface area contributed by atoms with Gasteiger partial charge in [0.2, 0.25) is 0 Å². The summed E-state index contributed by atoms with van der Waals surface area (Å²) in [4.78, 5) is 8.09. The van der Waals surface area contributed by atoms with Gasteiger partial charge in [-0.15, -0.1) is 11.3 Å². The predicted octanol–water partition coefficient (Wildman–Crippen LogP) is 1.03.